The van der Waals surface area contributed by atoms with E-state index < -0.39 is 10.9 Å². The fourth-order valence-electron chi connectivity index (χ4n) is 2.26. The number of nitrogens with zero attached hydrogens (tertiary/aromatic N) is 1. The predicted octanol–water partition coefficient (Wildman–Crippen LogP) is 4.77. The highest BCUT2D eigenvalue weighted by atomic mass is 32.2. The Balaban J connectivity index is 2.19. The van der Waals surface area contributed by atoms with Gasteiger partial charge in [0.05, 0.1) is 11.5 Å². The predicted molar refractivity (Wildman–Crippen MR) is 69.3 cm³/mol. The molecule has 0 radical (unpaired) electrons. The Bertz CT molecular complexity index is 516. The standard InChI is InChI=1S/C14H12F3NS/c15-14(16,17)19-12-6-8-13(10-18,9-7-12)11-4-2-1-3-5-11/h1-6H,7-9H2. The zero-order chi connectivity index (χ0) is 13.9. The number of hydrogen-bond donors (Lipinski definition) is 0. The van der Waals surface area contributed by atoms with Crippen LogP contribution in [0.3, 0.4) is 0 Å². The summed E-state index contributed by atoms with van der Waals surface area (Å²) in [7, 11) is 0. The van der Waals surface area contributed by atoms with Crippen LogP contribution in [0.25, 0.3) is 0 Å². The molecule has 0 aliphatic heterocycles. The maximum absolute atomic E-state index is 12.3. The molecule has 1 aliphatic carbocycles. The first-order chi connectivity index (χ1) is 8.95. The summed E-state index contributed by atoms with van der Waals surface area (Å²) in [5, 5.41) is 9.41. The van der Waals surface area contributed by atoms with E-state index in [9.17, 15) is 18.4 Å². The highest BCUT2D eigenvalue weighted by molar-refractivity contribution is 8.03. The van der Waals surface area contributed by atoms with Crippen LogP contribution < -0.4 is 0 Å². The lowest BCUT2D eigenvalue weighted by molar-refractivity contribution is -0.0323. The fraction of sp³-hybridized carbons (Fsp3) is 0.357. The molecule has 1 aromatic rings. The molecule has 0 bridgehead atoms. The lowest BCUT2D eigenvalue weighted by atomic mass is 9.73. The number of benzene rings is 1. The van der Waals surface area contributed by atoms with Gasteiger partial charge in [0.1, 0.15) is 0 Å². The monoisotopic (exact) mass is 283 g/mol. The van der Waals surface area contributed by atoms with Gasteiger partial charge in [-0.15, -0.1) is 0 Å². The summed E-state index contributed by atoms with van der Waals surface area (Å²) < 4.78 is 36.9. The van der Waals surface area contributed by atoms with Crippen molar-refractivity contribution >= 4 is 11.8 Å². The number of nitriles is 1. The molecule has 2 rings (SSSR count). The van der Waals surface area contributed by atoms with Crippen LogP contribution in [0.2, 0.25) is 0 Å². The Morgan fingerprint density at radius 3 is 2.37 bits per heavy atom. The Hall–Kier alpha value is -1.41. The average molecular weight is 283 g/mol. The number of rotatable bonds is 2. The molecular formula is C14H12F3NS. The van der Waals surface area contributed by atoms with Crippen LogP contribution in [-0.4, -0.2) is 5.51 Å². The van der Waals surface area contributed by atoms with Crippen molar-refractivity contribution in [3.05, 3.63) is 46.9 Å². The van der Waals surface area contributed by atoms with E-state index in [4.69, 9.17) is 0 Å². The van der Waals surface area contributed by atoms with Crippen molar-refractivity contribution in [1.29, 1.82) is 5.26 Å². The normalized spacial score (nSPS) is 23.6. The van der Waals surface area contributed by atoms with E-state index in [2.05, 4.69) is 6.07 Å². The second kappa shape index (κ2) is 5.30. The zero-order valence-electron chi connectivity index (χ0n) is 10.1. The van der Waals surface area contributed by atoms with Crippen molar-refractivity contribution in [3.8, 4) is 6.07 Å². The van der Waals surface area contributed by atoms with Gasteiger partial charge in [-0.05, 0) is 41.5 Å². The van der Waals surface area contributed by atoms with Crippen LogP contribution in [-0.2, 0) is 5.41 Å². The molecular weight excluding hydrogens is 271 g/mol. The van der Waals surface area contributed by atoms with Gasteiger partial charge in [0, 0.05) is 0 Å². The highest BCUT2D eigenvalue weighted by Gasteiger charge is 2.37. The van der Waals surface area contributed by atoms with Crippen molar-refractivity contribution in [2.75, 3.05) is 0 Å². The SMILES string of the molecule is N#CC1(c2ccccc2)CC=C(SC(F)(F)F)CC1. The Kier molecular flexibility index (Phi) is 3.91. The molecule has 100 valence electrons. The average Bonchev–Trinajstić information content (AvgIpc) is 2.39. The van der Waals surface area contributed by atoms with Crippen molar-refractivity contribution in [2.45, 2.75) is 30.2 Å². The lowest BCUT2D eigenvalue weighted by Gasteiger charge is -2.30. The van der Waals surface area contributed by atoms with Crippen LogP contribution in [0.1, 0.15) is 24.8 Å². The molecule has 1 nitrogen and oxygen atoms in total. The van der Waals surface area contributed by atoms with E-state index in [-0.39, 0.29) is 11.8 Å². The second-order valence-electron chi connectivity index (χ2n) is 4.48. The van der Waals surface area contributed by atoms with Crippen LogP contribution in [0.15, 0.2) is 41.3 Å². The van der Waals surface area contributed by atoms with Crippen LogP contribution in [0.5, 0.6) is 0 Å². The number of alkyl halides is 3. The molecule has 0 amide bonds. The number of hydrogen-bond acceptors (Lipinski definition) is 2. The maximum atomic E-state index is 12.3. The van der Waals surface area contributed by atoms with Crippen molar-refractivity contribution in [3.63, 3.8) is 0 Å². The number of allylic oxidation sites excluding steroid dienone is 2. The summed E-state index contributed by atoms with van der Waals surface area (Å²) in [5.41, 5.74) is -4.05. The van der Waals surface area contributed by atoms with Crippen LogP contribution >= 0.6 is 11.8 Å². The maximum Gasteiger partial charge on any atom is 0.446 e. The van der Waals surface area contributed by atoms with E-state index in [1.54, 1.807) is 6.08 Å². The second-order valence-corrected chi connectivity index (χ2v) is 5.67. The summed E-state index contributed by atoms with van der Waals surface area (Å²) in [6.07, 6.45) is 2.62. The minimum atomic E-state index is -4.24. The molecule has 0 fully saturated rings. The molecule has 1 atom stereocenters. The molecule has 19 heavy (non-hydrogen) atoms. The van der Waals surface area contributed by atoms with Crippen LogP contribution in [0.4, 0.5) is 13.2 Å². The third-order valence-corrected chi connectivity index (χ3v) is 4.13. The summed E-state index contributed by atoms with van der Waals surface area (Å²) in [5.74, 6) is 0. The van der Waals surface area contributed by atoms with E-state index >= 15 is 0 Å². The van der Waals surface area contributed by atoms with Crippen molar-refractivity contribution < 1.29 is 13.2 Å². The Labute approximate surface area is 114 Å². The molecule has 0 saturated carbocycles. The van der Waals surface area contributed by atoms with Gasteiger partial charge in [0.25, 0.3) is 0 Å². The first-order valence-electron chi connectivity index (χ1n) is 5.87. The van der Waals surface area contributed by atoms with Gasteiger partial charge in [-0.25, -0.2) is 0 Å². The summed E-state index contributed by atoms with van der Waals surface area (Å²) >= 11 is -0.0642. The molecule has 0 heterocycles. The number of thioether (sulfide) groups is 1. The van der Waals surface area contributed by atoms with Gasteiger partial charge in [-0.3, -0.25) is 0 Å². The Morgan fingerprint density at radius 2 is 1.89 bits per heavy atom. The first kappa shape index (κ1) is 14.0. The first-order valence-corrected chi connectivity index (χ1v) is 6.68. The topological polar surface area (TPSA) is 23.8 Å². The molecule has 1 aromatic carbocycles. The molecule has 5 heteroatoms. The van der Waals surface area contributed by atoms with E-state index in [1.807, 2.05) is 30.3 Å². The smallest absolute Gasteiger partial charge is 0.197 e. The molecule has 1 aliphatic rings. The summed E-state index contributed by atoms with van der Waals surface area (Å²) in [4.78, 5) is 0.314. The van der Waals surface area contributed by atoms with Gasteiger partial charge in [-0.1, -0.05) is 36.4 Å². The summed E-state index contributed by atoms with van der Waals surface area (Å²) in [6, 6.07) is 11.6. The quantitative estimate of drug-likeness (QED) is 0.780. The third-order valence-electron chi connectivity index (χ3n) is 3.26. The fourth-order valence-corrected chi connectivity index (χ4v) is 2.92. The molecule has 0 aromatic heterocycles. The molecule has 1 unspecified atom stereocenters. The van der Waals surface area contributed by atoms with Gasteiger partial charge in [0.2, 0.25) is 0 Å². The van der Waals surface area contributed by atoms with Gasteiger partial charge in [-0.2, -0.15) is 18.4 Å². The molecule has 0 saturated heterocycles. The van der Waals surface area contributed by atoms with Gasteiger partial charge >= 0.3 is 5.51 Å². The van der Waals surface area contributed by atoms with Gasteiger partial charge in [0.15, 0.2) is 0 Å². The van der Waals surface area contributed by atoms with E-state index in [1.165, 1.54) is 0 Å². The minimum absolute atomic E-state index is 0.0642. The van der Waals surface area contributed by atoms with E-state index in [0.29, 0.717) is 24.2 Å². The minimum Gasteiger partial charge on any atom is -0.197 e. The zero-order valence-corrected chi connectivity index (χ0v) is 10.9. The number of halogens is 3. The third kappa shape index (κ3) is 3.32. The van der Waals surface area contributed by atoms with Gasteiger partial charge < -0.3 is 0 Å². The van der Waals surface area contributed by atoms with Crippen molar-refractivity contribution in [2.24, 2.45) is 0 Å². The van der Waals surface area contributed by atoms with Crippen molar-refractivity contribution in [1.82, 2.24) is 0 Å². The summed E-state index contributed by atoms with van der Waals surface area (Å²) in [6.45, 7) is 0. The molecule has 0 spiro atoms. The lowest BCUT2D eigenvalue weighted by Crippen LogP contribution is -2.26. The van der Waals surface area contributed by atoms with Crippen LogP contribution in [0, 0.1) is 11.3 Å². The van der Waals surface area contributed by atoms with E-state index in [0.717, 1.165) is 5.56 Å². The highest BCUT2D eigenvalue weighted by Crippen LogP contribution is 2.45. The largest absolute Gasteiger partial charge is 0.446 e. The molecule has 0 N–H and O–H groups in total. The Morgan fingerprint density at radius 1 is 1.21 bits per heavy atom.